The van der Waals surface area contributed by atoms with Gasteiger partial charge in [-0.15, -0.1) is 0 Å². The minimum atomic E-state index is -2.99. The van der Waals surface area contributed by atoms with Crippen LogP contribution in [0, 0.1) is 5.82 Å². The highest BCUT2D eigenvalue weighted by molar-refractivity contribution is 5.94. The van der Waals surface area contributed by atoms with Crippen molar-refractivity contribution in [2.75, 3.05) is 0 Å². The van der Waals surface area contributed by atoms with Crippen molar-refractivity contribution in [3.05, 3.63) is 96.1 Å². The van der Waals surface area contributed by atoms with Gasteiger partial charge in [0.15, 0.2) is 0 Å². The van der Waals surface area contributed by atoms with Gasteiger partial charge >= 0.3 is 6.61 Å². The van der Waals surface area contributed by atoms with Gasteiger partial charge in [0.1, 0.15) is 11.6 Å². The van der Waals surface area contributed by atoms with Gasteiger partial charge in [-0.2, -0.15) is 8.78 Å². The summed E-state index contributed by atoms with van der Waals surface area (Å²) in [4.78, 5) is 17.2. The Morgan fingerprint density at radius 3 is 2.58 bits per heavy atom. The highest BCUT2D eigenvalue weighted by Crippen LogP contribution is 2.22. The van der Waals surface area contributed by atoms with Gasteiger partial charge in [0, 0.05) is 12.1 Å². The van der Waals surface area contributed by atoms with Crippen molar-refractivity contribution in [2.45, 2.75) is 19.2 Å². The summed E-state index contributed by atoms with van der Waals surface area (Å²) in [6.45, 7) is -2.65. The number of ether oxygens (including phenoxy) is 1. The third-order valence-corrected chi connectivity index (χ3v) is 4.81. The summed E-state index contributed by atoms with van der Waals surface area (Å²) in [7, 11) is 0. The molecule has 0 spiro atoms. The molecule has 31 heavy (non-hydrogen) atoms. The first-order valence-electron chi connectivity index (χ1n) is 9.50. The van der Waals surface area contributed by atoms with Crippen molar-refractivity contribution in [1.82, 2.24) is 14.9 Å². The number of aromatic nitrogens is 2. The fourth-order valence-electron chi connectivity index (χ4n) is 3.34. The number of rotatable bonds is 7. The molecule has 1 atom stereocenters. The zero-order chi connectivity index (χ0) is 21.8. The van der Waals surface area contributed by atoms with Crippen LogP contribution in [0.15, 0.2) is 79.1 Å². The number of imidazole rings is 1. The Bertz CT molecular complexity index is 1190. The lowest BCUT2D eigenvalue weighted by molar-refractivity contribution is -0.0498. The molecule has 1 aromatic heterocycles. The van der Waals surface area contributed by atoms with Gasteiger partial charge in [-0.3, -0.25) is 4.79 Å². The molecule has 0 aliphatic carbocycles. The van der Waals surface area contributed by atoms with Crippen molar-refractivity contribution in [3.63, 3.8) is 0 Å². The highest BCUT2D eigenvalue weighted by atomic mass is 19.3. The Morgan fingerprint density at radius 1 is 1.03 bits per heavy atom. The van der Waals surface area contributed by atoms with E-state index in [1.807, 2.05) is 28.8 Å². The van der Waals surface area contributed by atoms with Crippen LogP contribution in [0.3, 0.4) is 0 Å². The first kappa shape index (κ1) is 20.5. The zero-order valence-corrected chi connectivity index (χ0v) is 16.2. The number of nitrogens with zero attached hydrogens (tertiary/aromatic N) is 2. The van der Waals surface area contributed by atoms with Gasteiger partial charge in [-0.25, -0.2) is 9.37 Å². The summed E-state index contributed by atoms with van der Waals surface area (Å²) in [6, 6.07) is 18.4. The molecule has 1 heterocycles. The maximum Gasteiger partial charge on any atom is 0.387 e. The lowest BCUT2D eigenvalue weighted by Gasteiger charge is -2.21. The Morgan fingerprint density at radius 2 is 1.81 bits per heavy atom. The van der Waals surface area contributed by atoms with Crippen LogP contribution < -0.4 is 10.1 Å². The van der Waals surface area contributed by atoms with E-state index >= 15 is 0 Å². The molecule has 1 N–H and O–H groups in total. The lowest BCUT2D eigenvalue weighted by atomic mass is 10.1. The standard InChI is InChI=1S/C23H18F3N3O2/c24-17-10-8-15(9-11-17)20(13-29-14-27-19-6-1-2-7-21(19)29)28-22(30)16-4-3-5-18(12-16)31-23(25)26/h1-12,14,20,23H,13H2,(H,28,30). The molecular weight excluding hydrogens is 407 g/mol. The molecule has 3 aromatic carbocycles. The summed E-state index contributed by atoms with van der Waals surface area (Å²) >= 11 is 0. The zero-order valence-electron chi connectivity index (χ0n) is 16.2. The third-order valence-electron chi connectivity index (χ3n) is 4.81. The minimum Gasteiger partial charge on any atom is -0.435 e. The molecule has 1 unspecified atom stereocenters. The lowest BCUT2D eigenvalue weighted by Crippen LogP contribution is -2.31. The topological polar surface area (TPSA) is 56.2 Å². The maximum absolute atomic E-state index is 13.4. The Hall–Kier alpha value is -3.81. The second-order valence-electron chi connectivity index (χ2n) is 6.87. The second-order valence-corrected chi connectivity index (χ2v) is 6.87. The van der Waals surface area contributed by atoms with Crippen LogP contribution >= 0.6 is 0 Å². The van der Waals surface area contributed by atoms with Crippen molar-refractivity contribution < 1.29 is 22.7 Å². The van der Waals surface area contributed by atoms with Gasteiger partial charge in [-0.05, 0) is 48.0 Å². The monoisotopic (exact) mass is 425 g/mol. The van der Waals surface area contributed by atoms with E-state index in [1.165, 1.54) is 36.4 Å². The summed E-state index contributed by atoms with van der Waals surface area (Å²) in [5.74, 6) is -0.973. The number of hydrogen-bond donors (Lipinski definition) is 1. The second kappa shape index (κ2) is 8.91. The first-order chi connectivity index (χ1) is 15.0. The van der Waals surface area contributed by atoms with Crippen LogP contribution in [0.1, 0.15) is 22.0 Å². The van der Waals surface area contributed by atoms with Gasteiger partial charge in [0.25, 0.3) is 5.91 Å². The Kier molecular flexibility index (Phi) is 5.88. The number of benzene rings is 3. The maximum atomic E-state index is 13.4. The predicted octanol–water partition coefficient (Wildman–Crippen LogP) is 4.95. The molecule has 0 saturated carbocycles. The van der Waals surface area contributed by atoms with Crippen LogP contribution in [0.2, 0.25) is 0 Å². The van der Waals surface area contributed by atoms with Crippen molar-refractivity contribution in [1.29, 1.82) is 0 Å². The van der Waals surface area contributed by atoms with Crippen LogP contribution in [0.5, 0.6) is 5.75 Å². The third kappa shape index (κ3) is 4.85. The average molecular weight is 425 g/mol. The molecule has 0 radical (unpaired) electrons. The van der Waals surface area contributed by atoms with Crippen LogP contribution in [-0.4, -0.2) is 22.1 Å². The van der Waals surface area contributed by atoms with Gasteiger partial charge in [0.05, 0.1) is 23.4 Å². The Labute approximate surface area is 176 Å². The Balaban J connectivity index is 1.62. The smallest absolute Gasteiger partial charge is 0.387 e. The van der Waals surface area contributed by atoms with Gasteiger partial charge in [0.2, 0.25) is 0 Å². The fourth-order valence-corrected chi connectivity index (χ4v) is 3.34. The van der Waals surface area contributed by atoms with Crippen molar-refractivity contribution in [2.24, 2.45) is 0 Å². The normalized spacial score (nSPS) is 12.1. The highest BCUT2D eigenvalue weighted by Gasteiger charge is 2.19. The van der Waals surface area contributed by atoms with Crippen molar-refractivity contribution >= 4 is 16.9 Å². The molecule has 0 aliphatic rings. The molecule has 158 valence electrons. The van der Waals surface area contributed by atoms with Crippen LogP contribution in [0.25, 0.3) is 11.0 Å². The van der Waals surface area contributed by atoms with E-state index < -0.39 is 24.4 Å². The first-order valence-corrected chi connectivity index (χ1v) is 9.50. The van der Waals surface area contributed by atoms with E-state index in [0.717, 1.165) is 11.0 Å². The number of halogens is 3. The van der Waals surface area contributed by atoms with E-state index in [-0.39, 0.29) is 11.3 Å². The quantitative estimate of drug-likeness (QED) is 0.456. The van der Waals surface area contributed by atoms with Gasteiger partial charge < -0.3 is 14.6 Å². The van der Waals surface area contributed by atoms with Crippen LogP contribution in [-0.2, 0) is 6.54 Å². The largest absolute Gasteiger partial charge is 0.435 e. The minimum absolute atomic E-state index is 0.110. The van der Waals surface area contributed by atoms with E-state index in [2.05, 4.69) is 15.0 Å². The number of hydrogen-bond acceptors (Lipinski definition) is 3. The van der Waals surface area contributed by atoms with E-state index in [1.54, 1.807) is 18.5 Å². The molecule has 4 aromatic rings. The fraction of sp³-hybridized carbons (Fsp3) is 0.130. The number of amides is 1. The molecule has 4 rings (SSSR count). The SMILES string of the molecule is O=C(NC(Cn1cnc2ccccc21)c1ccc(F)cc1)c1cccc(OC(F)F)c1. The van der Waals surface area contributed by atoms with Crippen LogP contribution in [0.4, 0.5) is 13.2 Å². The number of alkyl halides is 2. The molecule has 0 saturated heterocycles. The van der Waals surface area contributed by atoms with E-state index in [4.69, 9.17) is 0 Å². The van der Waals surface area contributed by atoms with Gasteiger partial charge in [-0.1, -0.05) is 30.3 Å². The summed E-state index contributed by atoms with van der Waals surface area (Å²) < 4.78 is 44.7. The molecule has 5 nitrogen and oxygen atoms in total. The summed E-state index contributed by atoms with van der Waals surface area (Å²) in [5, 5.41) is 2.90. The number of para-hydroxylation sites is 2. The number of fused-ring (bicyclic) bond motifs is 1. The molecule has 8 heteroatoms. The average Bonchev–Trinajstić information content (AvgIpc) is 3.16. The number of carbonyl (C=O) groups excluding carboxylic acids is 1. The molecular formula is C23H18F3N3O2. The van der Waals surface area contributed by atoms with E-state index in [0.29, 0.717) is 12.1 Å². The number of carbonyl (C=O) groups is 1. The van der Waals surface area contributed by atoms with Crippen molar-refractivity contribution in [3.8, 4) is 5.75 Å². The predicted molar refractivity (Wildman–Crippen MR) is 109 cm³/mol. The summed E-state index contributed by atoms with van der Waals surface area (Å²) in [6.07, 6.45) is 1.67. The molecule has 0 fully saturated rings. The molecule has 0 aliphatic heterocycles. The van der Waals surface area contributed by atoms with E-state index in [9.17, 15) is 18.0 Å². The molecule has 1 amide bonds. The molecule has 0 bridgehead atoms. The summed E-state index contributed by atoms with van der Waals surface area (Å²) in [5.41, 5.74) is 2.55. The number of nitrogens with one attached hydrogen (secondary N) is 1.